The van der Waals surface area contributed by atoms with Gasteiger partial charge in [-0.2, -0.15) is 0 Å². The van der Waals surface area contributed by atoms with Crippen molar-refractivity contribution in [2.75, 3.05) is 6.61 Å². The van der Waals surface area contributed by atoms with E-state index in [1.54, 1.807) is 6.07 Å². The normalized spacial score (nSPS) is 10.4. The molecule has 2 aromatic carbocycles. The summed E-state index contributed by atoms with van der Waals surface area (Å²) < 4.78 is 5.40. The molecule has 0 heterocycles. The fourth-order valence-electron chi connectivity index (χ4n) is 1.53. The summed E-state index contributed by atoms with van der Waals surface area (Å²) >= 11 is 0. The molecule has 0 aliphatic rings. The van der Waals surface area contributed by atoms with Gasteiger partial charge in [-0.1, -0.05) is 30.3 Å². The lowest BCUT2D eigenvalue weighted by Gasteiger charge is -2.08. The van der Waals surface area contributed by atoms with Gasteiger partial charge in [0.15, 0.2) is 11.5 Å². The van der Waals surface area contributed by atoms with Crippen molar-refractivity contribution in [3.63, 3.8) is 0 Å². The summed E-state index contributed by atoms with van der Waals surface area (Å²) in [5.74, 6) is 0.774. The van der Waals surface area contributed by atoms with Crippen LogP contribution in [-0.2, 0) is 0 Å². The van der Waals surface area contributed by atoms with E-state index >= 15 is 0 Å². The smallest absolute Gasteiger partial charge is 0.168 e. The molecule has 0 saturated heterocycles. The lowest BCUT2D eigenvalue weighted by molar-refractivity contribution is 0.322. The molecule has 2 rings (SSSR count). The van der Waals surface area contributed by atoms with Gasteiger partial charge in [0, 0.05) is 5.39 Å². The van der Waals surface area contributed by atoms with Crippen molar-refractivity contribution in [3.8, 4) is 11.5 Å². The molecule has 2 nitrogen and oxygen atoms in total. The van der Waals surface area contributed by atoms with Gasteiger partial charge >= 0.3 is 0 Å². The Hall–Kier alpha value is -1.70. The average Bonchev–Trinajstić information content (AvgIpc) is 2.23. The zero-order chi connectivity index (χ0) is 9.97. The van der Waals surface area contributed by atoms with Gasteiger partial charge in [0.2, 0.25) is 0 Å². The van der Waals surface area contributed by atoms with Crippen LogP contribution in [0, 0.1) is 0 Å². The first-order chi connectivity index (χ1) is 6.83. The van der Waals surface area contributed by atoms with E-state index in [-0.39, 0.29) is 5.75 Å². The van der Waals surface area contributed by atoms with E-state index in [2.05, 4.69) is 0 Å². The molecule has 0 fully saturated rings. The number of ether oxygens (including phenoxy) is 1. The summed E-state index contributed by atoms with van der Waals surface area (Å²) in [6, 6.07) is 11.4. The third kappa shape index (κ3) is 1.39. The third-order valence-electron chi connectivity index (χ3n) is 2.15. The number of phenolic OH excluding ortho intramolecular Hbond substituents is 1. The number of aromatic hydroxyl groups is 1. The Labute approximate surface area is 82.8 Å². The molecular weight excluding hydrogens is 176 g/mol. The lowest BCUT2D eigenvalue weighted by Crippen LogP contribution is -1.92. The molecule has 2 heteroatoms. The van der Waals surface area contributed by atoms with Gasteiger partial charge in [0.05, 0.1) is 6.61 Å². The highest BCUT2D eigenvalue weighted by atomic mass is 16.5. The molecule has 14 heavy (non-hydrogen) atoms. The van der Waals surface area contributed by atoms with Crippen LogP contribution in [-0.4, -0.2) is 11.7 Å². The van der Waals surface area contributed by atoms with E-state index in [4.69, 9.17) is 4.74 Å². The zero-order valence-corrected chi connectivity index (χ0v) is 8.03. The SMILES string of the molecule is CCOc1c(O)ccc2ccccc12. The highest BCUT2D eigenvalue weighted by Crippen LogP contribution is 2.34. The summed E-state index contributed by atoms with van der Waals surface area (Å²) in [6.07, 6.45) is 0. The predicted octanol–water partition coefficient (Wildman–Crippen LogP) is 2.94. The van der Waals surface area contributed by atoms with Crippen LogP contribution >= 0.6 is 0 Å². The molecule has 0 saturated carbocycles. The Morgan fingerprint density at radius 2 is 1.93 bits per heavy atom. The molecule has 0 radical (unpaired) electrons. The Morgan fingerprint density at radius 1 is 1.14 bits per heavy atom. The van der Waals surface area contributed by atoms with E-state index in [0.29, 0.717) is 12.4 Å². The molecule has 0 amide bonds. The number of hydrogen-bond acceptors (Lipinski definition) is 2. The van der Waals surface area contributed by atoms with E-state index < -0.39 is 0 Å². The van der Waals surface area contributed by atoms with Crippen LogP contribution in [0.25, 0.3) is 10.8 Å². The summed E-state index contributed by atoms with van der Waals surface area (Å²) in [4.78, 5) is 0. The van der Waals surface area contributed by atoms with Crippen molar-refractivity contribution >= 4 is 10.8 Å². The molecule has 0 unspecified atom stereocenters. The van der Waals surface area contributed by atoms with Crippen LogP contribution in [0.2, 0.25) is 0 Å². The van der Waals surface area contributed by atoms with Crippen LogP contribution in [0.3, 0.4) is 0 Å². The van der Waals surface area contributed by atoms with Crippen LogP contribution < -0.4 is 4.74 Å². The Balaban J connectivity index is 2.69. The molecule has 0 bridgehead atoms. The van der Waals surface area contributed by atoms with Crippen molar-refractivity contribution in [3.05, 3.63) is 36.4 Å². The van der Waals surface area contributed by atoms with Crippen molar-refractivity contribution in [2.45, 2.75) is 6.92 Å². The summed E-state index contributed by atoms with van der Waals surface area (Å²) in [5.41, 5.74) is 0. The molecule has 72 valence electrons. The van der Waals surface area contributed by atoms with Crippen LogP contribution in [0.1, 0.15) is 6.92 Å². The standard InChI is InChI=1S/C12H12O2/c1-2-14-12-10-6-4-3-5-9(10)7-8-11(12)13/h3-8,13H,2H2,1H3. The molecule has 1 N–H and O–H groups in total. The van der Waals surface area contributed by atoms with Gasteiger partial charge in [0.25, 0.3) is 0 Å². The van der Waals surface area contributed by atoms with Gasteiger partial charge in [-0.05, 0) is 18.4 Å². The second kappa shape index (κ2) is 3.58. The van der Waals surface area contributed by atoms with E-state index in [0.717, 1.165) is 10.8 Å². The van der Waals surface area contributed by atoms with Gasteiger partial charge < -0.3 is 9.84 Å². The third-order valence-corrected chi connectivity index (χ3v) is 2.15. The number of rotatable bonds is 2. The molecule has 0 spiro atoms. The Kier molecular flexibility index (Phi) is 2.27. The minimum absolute atomic E-state index is 0.200. The van der Waals surface area contributed by atoms with Crippen molar-refractivity contribution in [2.24, 2.45) is 0 Å². The fourth-order valence-corrected chi connectivity index (χ4v) is 1.53. The van der Waals surface area contributed by atoms with Crippen LogP contribution in [0.5, 0.6) is 11.5 Å². The molecule has 0 aliphatic heterocycles. The van der Waals surface area contributed by atoms with Gasteiger partial charge in [0.1, 0.15) is 0 Å². The average molecular weight is 188 g/mol. The first-order valence-electron chi connectivity index (χ1n) is 4.66. The summed E-state index contributed by atoms with van der Waals surface area (Å²) in [7, 11) is 0. The number of fused-ring (bicyclic) bond motifs is 1. The number of phenols is 1. The topological polar surface area (TPSA) is 29.5 Å². The van der Waals surface area contributed by atoms with Crippen molar-refractivity contribution in [1.82, 2.24) is 0 Å². The molecule has 0 aliphatic carbocycles. The number of hydrogen-bond donors (Lipinski definition) is 1. The molecular formula is C12H12O2. The first kappa shape index (κ1) is 8.88. The maximum absolute atomic E-state index is 9.61. The quantitative estimate of drug-likeness (QED) is 0.785. The largest absolute Gasteiger partial charge is 0.504 e. The van der Waals surface area contributed by atoms with Gasteiger partial charge in [-0.3, -0.25) is 0 Å². The van der Waals surface area contributed by atoms with Gasteiger partial charge in [-0.15, -0.1) is 0 Å². The molecule has 0 aromatic heterocycles. The van der Waals surface area contributed by atoms with E-state index in [9.17, 15) is 5.11 Å². The minimum Gasteiger partial charge on any atom is -0.504 e. The second-order valence-corrected chi connectivity index (χ2v) is 3.07. The van der Waals surface area contributed by atoms with Crippen LogP contribution in [0.4, 0.5) is 0 Å². The molecule has 0 atom stereocenters. The van der Waals surface area contributed by atoms with E-state index in [1.165, 1.54) is 0 Å². The highest BCUT2D eigenvalue weighted by molar-refractivity contribution is 5.90. The van der Waals surface area contributed by atoms with Gasteiger partial charge in [-0.25, -0.2) is 0 Å². The van der Waals surface area contributed by atoms with E-state index in [1.807, 2.05) is 37.3 Å². The minimum atomic E-state index is 0.200. The lowest BCUT2D eigenvalue weighted by atomic mass is 10.1. The maximum Gasteiger partial charge on any atom is 0.168 e. The summed E-state index contributed by atoms with van der Waals surface area (Å²) in [6.45, 7) is 2.46. The second-order valence-electron chi connectivity index (χ2n) is 3.07. The molecule has 2 aromatic rings. The summed E-state index contributed by atoms with van der Waals surface area (Å²) in [5, 5.41) is 11.6. The van der Waals surface area contributed by atoms with Crippen molar-refractivity contribution in [1.29, 1.82) is 0 Å². The first-order valence-corrected chi connectivity index (χ1v) is 4.66. The monoisotopic (exact) mass is 188 g/mol. The maximum atomic E-state index is 9.61. The number of benzene rings is 2. The Bertz CT molecular complexity index is 449. The highest BCUT2D eigenvalue weighted by Gasteiger charge is 2.06. The fraction of sp³-hybridized carbons (Fsp3) is 0.167. The Morgan fingerprint density at radius 3 is 2.71 bits per heavy atom. The zero-order valence-electron chi connectivity index (χ0n) is 8.03. The predicted molar refractivity (Wildman–Crippen MR) is 56.8 cm³/mol. The van der Waals surface area contributed by atoms with Crippen LogP contribution in [0.15, 0.2) is 36.4 Å². The van der Waals surface area contributed by atoms with Crippen molar-refractivity contribution < 1.29 is 9.84 Å².